The van der Waals surface area contributed by atoms with Crippen molar-refractivity contribution < 1.29 is 81.4 Å². The number of carboxylic acid groups (broad SMARTS) is 2. The zero-order chi connectivity index (χ0) is 79.5. The lowest BCUT2D eigenvalue weighted by molar-refractivity contribution is -0.141. The summed E-state index contributed by atoms with van der Waals surface area (Å²) in [5, 5.41) is 40.1. The van der Waals surface area contributed by atoms with Gasteiger partial charge in [-0.2, -0.15) is 0 Å². The molecule has 29 nitrogen and oxygen atoms in total. The number of benzene rings is 6. The van der Waals surface area contributed by atoms with E-state index < -0.39 is 78.1 Å². The van der Waals surface area contributed by atoms with Gasteiger partial charge in [0.25, 0.3) is 11.8 Å². The highest BCUT2D eigenvalue weighted by molar-refractivity contribution is 7.12. The van der Waals surface area contributed by atoms with E-state index in [1.807, 2.05) is 32.7 Å². The van der Waals surface area contributed by atoms with Crippen LogP contribution >= 0.6 is 45.9 Å². The van der Waals surface area contributed by atoms with Gasteiger partial charge in [-0.1, -0.05) is 35.3 Å². The number of methoxy groups -OCH3 is 2. The van der Waals surface area contributed by atoms with Crippen LogP contribution in [0.5, 0.6) is 23.0 Å². The number of amides is 6. The van der Waals surface area contributed by atoms with Crippen molar-refractivity contribution in [2.75, 3.05) is 110 Å². The number of aliphatic hydroxyl groups excluding tert-OH is 1. The lowest BCUT2D eigenvalue weighted by Gasteiger charge is -2.38. The minimum absolute atomic E-state index is 0.0166. The van der Waals surface area contributed by atoms with Crippen molar-refractivity contribution in [2.24, 2.45) is 9.98 Å². The van der Waals surface area contributed by atoms with E-state index in [0.717, 1.165) is 9.80 Å². The second-order valence-electron chi connectivity index (χ2n) is 27.2. The third kappa shape index (κ3) is 17.1. The SMILES string of the molecule is COC(=O)C1=C(CN2CCN3C(=O)N(c4ccc(Oc5ccc(C(=O)N(C)CC(=O)O)cc5)cc4)C[C@@H]3C2)NC(c2nccs2)=N[C@H]1c1ccc(F)cc1Cl.COC(=O)C1=C(CN2CCN3C(=O)N(c4ccc(Oc5ccc(C(=O)N6C[C@@H](O)C[C@@H]6C(=O)O)cc5)cc4)C[C@@H]3C2)NC(c2nccs2)=N[C@H]1c1ccc(F)cc1Cl. The van der Waals surface area contributed by atoms with Gasteiger partial charge in [0.2, 0.25) is 0 Å². The first kappa shape index (κ1) is 78.0. The molecule has 5 N–H and O–H groups in total. The van der Waals surface area contributed by atoms with E-state index in [1.165, 1.54) is 80.3 Å². The fourth-order valence-corrected chi connectivity index (χ4v) is 16.3. The number of nitrogens with one attached hydrogen (secondary N) is 2. The Labute approximate surface area is 662 Å². The third-order valence-electron chi connectivity index (χ3n) is 20.0. The maximum absolute atomic E-state index is 14.1. The number of likely N-dealkylation sites (N-methyl/N-ethyl adjacent to an activating group) is 1. The van der Waals surface area contributed by atoms with Gasteiger partial charge in [0.15, 0.2) is 21.7 Å². The predicted molar refractivity (Wildman–Crippen MR) is 413 cm³/mol. The Hall–Kier alpha value is -11.7. The molecular formula is C78H72Cl2F2N14O15S2. The fraction of sp³-hybridized carbons (Fsp3) is 0.282. The molecule has 0 spiro atoms. The quantitative estimate of drug-likeness (QED) is 0.0418. The van der Waals surface area contributed by atoms with Gasteiger partial charge in [-0.3, -0.25) is 44.0 Å². The number of nitrogens with zero attached hydrogens (tertiary/aromatic N) is 12. The van der Waals surface area contributed by atoms with Gasteiger partial charge in [-0.05, 0) is 121 Å². The van der Waals surface area contributed by atoms with E-state index in [0.29, 0.717) is 150 Å². The number of hydrogen-bond donors (Lipinski definition) is 5. The molecule has 6 aromatic carbocycles. The van der Waals surface area contributed by atoms with Gasteiger partial charge in [-0.25, -0.2) is 42.7 Å². The summed E-state index contributed by atoms with van der Waals surface area (Å²) in [6.45, 7) is 4.05. The average Bonchev–Trinajstić information content (AvgIpc) is 1.76. The van der Waals surface area contributed by atoms with Gasteiger partial charge in [-0.15, -0.1) is 22.7 Å². The smallest absolute Gasteiger partial charge is 0.338 e. The average molecular weight is 1620 g/mol. The molecule has 6 atom stereocenters. The van der Waals surface area contributed by atoms with Crippen LogP contribution in [0, 0.1) is 11.6 Å². The molecule has 5 saturated heterocycles. The molecule has 2 aromatic heterocycles. The summed E-state index contributed by atoms with van der Waals surface area (Å²) in [5.74, 6) is -2.56. The number of aliphatic carboxylic acids is 2. The molecule has 6 amide bonds. The molecule has 7 aliphatic heterocycles. The maximum atomic E-state index is 14.1. The number of esters is 2. The van der Waals surface area contributed by atoms with Gasteiger partial charge in [0.05, 0.1) is 43.6 Å². The molecule has 0 aliphatic carbocycles. The van der Waals surface area contributed by atoms with E-state index in [1.54, 1.807) is 107 Å². The summed E-state index contributed by atoms with van der Waals surface area (Å²) >= 11 is 15.8. The molecule has 0 saturated carbocycles. The van der Waals surface area contributed by atoms with Crippen LogP contribution in [-0.2, 0) is 28.7 Å². The fourth-order valence-electron chi connectivity index (χ4n) is 14.6. The highest BCUT2D eigenvalue weighted by atomic mass is 35.5. The number of thiazole rings is 2. The number of rotatable bonds is 21. The summed E-state index contributed by atoms with van der Waals surface area (Å²) < 4.78 is 50.5. The molecule has 0 unspecified atom stereocenters. The predicted octanol–water partition coefficient (Wildman–Crippen LogP) is 9.56. The van der Waals surface area contributed by atoms with Crippen LogP contribution < -0.4 is 29.9 Å². The van der Waals surface area contributed by atoms with Crippen LogP contribution in [0.1, 0.15) is 60.4 Å². The zero-order valence-electron chi connectivity index (χ0n) is 60.6. The number of carboxylic acids is 2. The number of carbonyl (C=O) groups is 8. The number of anilines is 2. The van der Waals surface area contributed by atoms with Crippen molar-refractivity contribution in [3.05, 3.63) is 233 Å². The number of amidine groups is 2. The molecule has 15 rings (SSSR count). The topological polar surface area (TPSA) is 335 Å². The van der Waals surface area contributed by atoms with E-state index >= 15 is 0 Å². The van der Waals surface area contributed by atoms with Crippen molar-refractivity contribution in [1.82, 2.24) is 50.0 Å². The highest BCUT2D eigenvalue weighted by Gasteiger charge is 2.46. The first-order chi connectivity index (χ1) is 54.4. The number of likely N-dealkylation sites (tertiary alicyclic amines) is 1. The van der Waals surface area contributed by atoms with Crippen molar-refractivity contribution >= 4 is 117 Å². The first-order valence-corrected chi connectivity index (χ1v) is 38.1. The Morgan fingerprint density at radius 2 is 1.00 bits per heavy atom. The number of hydrogen-bond acceptors (Lipinski definition) is 23. The van der Waals surface area contributed by atoms with Crippen LogP contribution in [-0.4, -0.2) is 238 Å². The third-order valence-corrected chi connectivity index (χ3v) is 22.2. The monoisotopic (exact) mass is 1620 g/mol. The lowest BCUT2D eigenvalue weighted by Crippen LogP contribution is -2.53. The van der Waals surface area contributed by atoms with Crippen molar-refractivity contribution in [3.8, 4) is 23.0 Å². The second-order valence-corrected chi connectivity index (χ2v) is 29.8. The van der Waals surface area contributed by atoms with Crippen molar-refractivity contribution in [1.29, 1.82) is 0 Å². The number of β-amino-alcohol motifs (C(OH)–C–C–N with tert-alkyl or cyclic N) is 1. The molecule has 35 heteroatoms. The number of ether oxygens (including phenoxy) is 4. The number of aliphatic hydroxyl groups is 1. The van der Waals surface area contributed by atoms with E-state index in [-0.39, 0.29) is 63.9 Å². The van der Waals surface area contributed by atoms with Gasteiger partial charge < -0.3 is 64.5 Å². The summed E-state index contributed by atoms with van der Waals surface area (Å²) in [5.41, 5.74) is 4.47. The molecule has 584 valence electrons. The molecule has 0 bridgehead atoms. The van der Waals surface area contributed by atoms with Gasteiger partial charge >= 0.3 is 35.9 Å². The van der Waals surface area contributed by atoms with Gasteiger partial charge in [0.1, 0.15) is 59.3 Å². The molecule has 0 radical (unpaired) electrons. The summed E-state index contributed by atoms with van der Waals surface area (Å²) in [6.07, 6.45) is 2.40. The number of carbonyl (C=O) groups excluding carboxylic acids is 6. The Bertz CT molecular complexity index is 5120. The summed E-state index contributed by atoms with van der Waals surface area (Å²) in [6, 6.07) is 31.5. The van der Waals surface area contributed by atoms with Crippen LogP contribution in [0.2, 0.25) is 10.0 Å². The molecule has 7 aliphatic rings. The Balaban J connectivity index is 0.000000188. The molecule has 8 aromatic rings. The standard InChI is InChI=1S/C40H37ClFN7O8S.C38H35ClFN7O7S/c1-56-39(54)33-31(44-35(36-43-12-15-58-36)45-34(33)29-11-4-23(42)16-30(29)41)21-46-13-14-47-25(18-46)19-48(40(47)55)24-5-9-28(10-6-24)57-27-7-2-22(3-8-27)37(51)49-20-26(50)17-32(49)38(52)53;1-44(21-31(48)49)36(50)22-3-8-26(9-4-22)54-27-10-6-24(7-11-27)47-19-25-18-45(14-15-46(25)38(47)52)20-30-32(37(51)53-2)33(28-12-5-23(40)17-29(28)39)43-34(42-30)35-41-13-16-55-35/h2-12,15-16,25-26,32,34,50H,13-14,17-21H2,1H3,(H,44,45)(H,52,53);3-13,16-17,25,33H,14-15,18-21H2,1-2H3,(H,42,43)(H,48,49)/t25-,26-,32+,34-;25-,33-/m00/s1. The van der Waals surface area contributed by atoms with Crippen LogP contribution in [0.3, 0.4) is 0 Å². The van der Waals surface area contributed by atoms with Crippen molar-refractivity contribution in [3.63, 3.8) is 0 Å². The number of aromatic nitrogens is 2. The Morgan fingerprint density at radius 3 is 1.39 bits per heavy atom. The number of piperazine rings is 2. The summed E-state index contributed by atoms with van der Waals surface area (Å²) in [7, 11) is 4.00. The lowest BCUT2D eigenvalue weighted by atomic mass is 9.95. The van der Waals surface area contributed by atoms with E-state index in [2.05, 4.69) is 30.4 Å². The van der Waals surface area contributed by atoms with Crippen LogP contribution in [0.15, 0.2) is 189 Å². The Kier molecular flexibility index (Phi) is 23.3. The number of fused-ring (bicyclic) bond motifs is 2. The number of urea groups is 2. The van der Waals surface area contributed by atoms with Gasteiger partial charge in [0, 0.05) is 164 Å². The second kappa shape index (κ2) is 33.7. The van der Waals surface area contributed by atoms with Crippen LogP contribution in [0.25, 0.3) is 0 Å². The molecular weight excluding hydrogens is 1550 g/mol. The number of aliphatic imine (C=N–C) groups is 2. The molecule has 5 fully saturated rings. The first-order valence-electron chi connectivity index (χ1n) is 35.5. The molecule has 113 heavy (non-hydrogen) atoms. The van der Waals surface area contributed by atoms with Crippen molar-refractivity contribution in [2.45, 2.75) is 42.7 Å². The van der Waals surface area contributed by atoms with E-state index in [9.17, 15) is 57.4 Å². The van der Waals surface area contributed by atoms with Crippen LogP contribution in [0.4, 0.5) is 29.7 Å². The summed E-state index contributed by atoms with van der Waals surface area (Å²) in [4.78, 5) is 134. The normalized spacial score (nSPS) is 20.3. The number of halogens is 4. The maximum Gasteiger partial charge on any atom is 0.338 e. The highest BCUT2D eigenvalue weighted by Crippen LogP contribution is 2.41. The minimum Gasteiger partial charge on any atom is -0.480 e. The minimum atomic E-state index is -1.16. The van der Waals surface area contributed by atoms with E-state index in [4.69, 9.17) is 57.2 Å². The largest absolute Gasteiger partial charge is 0.480 e. The molecule has 9 heterocycles. The zero-order valence-corrected chi connectivity index (χ0v) is 63.7. The Morgan fingerprint density at radius 1 is 0.575 bits per heavy atom.